The molecule has 3 unspecified atom stereocenters. The number of nitrogens with two attached hydrogens (primary N) is 1. The molecule has 2 heteroatoms. The van der Waals surface area contributed by atoms with E-state index in [9.17, 15) is 0 Å². The van der Waals surface area contributed by atoms with Crippen molar-refractivity contribution in [3.63, 3.8) is 0 Å². The van der Waals surface area contributed by atoms with Crippen LogP contribution in [-0.2, 0) is 0 Å². The zero-order valence-corrected chi connectivity index (χ0v) is 5.30. The van der Waals surface area contributed by atoms with Crippen molar-refractivity contribution in [1.82, 2.24) is 0 Å². The molecular weight excluding hydrogens is 96.9 g/mol. The molecule has 0 amide bonds. The number of hydrogen-bond acceptors (Lipinski definition) is 1. The first-order valence-electron chi connectivity index (χ1n) is 3.23. The second kappa shape index (κ2) is 2.10. The molecule has 1 aliphatic carbocycles. The molecule has 0 aromatic carbocycles. The summed E-state index contributed by atoms with van der Waals surface area (Å²) in [6, 6.07) is 0.269. The van der Waals surface area contributed by atoms with Gasteiger partial charge in [-0.1, -0.05) is 12.7 Å². The zero-order chi connectivity index (χ0) is 6.15. The highest BCUT2D eigenvalue weighted by Crippen LogP contribution is 2.32. The van der Waals surface area contributed by atoms with Crippen LogP contribution in [0.5, 0.6) is 0 Å². The lowest BCUT2D eigenvalue weighted by molar-refractivity contribution is 0.593. The monoisotopic (exact) mass is 109 g/mol. The number of hydrogen-bond donors (Lipinski definition) is 1. The first-order chi connectivity index (χ1) is 3.72. The second-order valence-electron chi connectivity index (χ2n) is 2.80. The highest BCUT2D eigenvalue weighted by molar-refractivity contribution is 6.12. The van der Waals surface area contributed by atoms with Gasteiger partial charge in [-0.15, -0.1) is 0 Å². The summed E-state index contributed by atoms with van der Waals surface area (Å²) in [6.07, 6.45) is 2.32. The molecule has 0 aromatic rings. The maximum atomic E-state index is 5.70. The van der Waals surface area contributed by atoms with E-state index < -0.39 is 0 Å². The van der Waals surface area contributed by atoms with Crippen LogP contribution in [0.4, 0.5) is 0 Å². The van der Waals surface area contributed by atoms with Crippen molar-refractivity contribution in [3.8, 4) is 0 Å². The van der Waals surface area contributed by atoms with E-state index in [0.717, 1.165) is 6.42 Å². The van der Waals surface area contributed by atoms with Crippen LogP contribution in [0.1, 0.15) is 19.8 Å². The summed E-state index contributed by atoms with van der Waals surface area (Å²) >= 11 is 0. The fourth-order valence-electron chi connectivity index (χ4n) is 1.26. The van der Waals surface area contributed by atoms with Gasteiger partial charge in [0.2, 0.25) is 0 Å². The van der Waals surface area contributed by atoms with Gasteiger partial charge in [0.05, 0.1) is 7.85 Å². The lowest BCUT2D eigenvalue weighted by Crippen LogP contribution is -2.22. The molecule has 3 atom stereocenters. The van der Waals surface area contributed by atoms with Crippen molar-refractivity contribution >= 4 is 7.85 Å². The van der Waals surface area contributed by atoms with Crippen LogP contribution in [0, 0.1) is 5.92 Å². The fourth-order valence-corrected chi connectivity index (χ4v) is 1.26. The minimum absolute atomic E-state index is 0.259. The van der Waals surface area contributed by atoms with Crippen molar-refractivity contribution in [2.45, 2.75) is 31.6 Å². The van der Waals surface area contributed by atoms with E-state index in [1.165, 1.54) is 6.42 Å². The third-order valence-corrected chi connectivity index (χ3v) is 2.11. The van der Waals surface area contributed by atoms with Crippen LogP contribution in [0.2, 0.25) is 5.82 Å². The van der Waals surface area contributed by atoms with E-state index in [2.05, 4.69) is 6.92 Å². The molecule has 0 spiro atoms. The normalized spacial score (nSPS) is 47.5. The second-order valence-corrected chi connectivity index (χ2v) is 2.80. The Morgan fingerprint density at radius 2 is 2.12 bits per heavy atom. The van der Waals surface area contributed by atoms with Crippen LogP contribution in [0.25, 0.3) is 0 Å². The molecule has 0 heterocycles. The predicted molar refractivity (Wildman–Crippen MR) is 35.9 cm³/mol. The smallest absolute Gasteiger partial charge is 0.0724 e. The predicted octanol–water partition coefficient (Wildman–Crippen LogP) is 0.701. The van der Waals surface area contributed by atoms with E-state index in [1.807, 2.05) is 0 Å². The standard InChI is InChI=1S/C6H12BN/c1-4-2-3-5(8)6(4)7/h4-6H,2-3,8H2,1H3. The first kappa shape index (κ1) is 6.15. The summed E-state index contributed by atoms with van der Waals surface area (Å²) in [7, 11) is 5.70. The van der Waals surface area contributed by atoms with Crippen molar-refractivity contribution in [1.29, 1.82) is 0 Å². The molecule has 1 aliphatic rings. The maximum Gasteiger partial charge on any atom is 0.0724 e. The van der Waals surface area contributed by atoms with Gasteiger partial charge in [-0.2, -0.15) is 0 Å². The van der Waals surface area contributed by atoms with Gasteiger partial charge in [0, 0.05) is 0 Å². The SMILES string of the molecule is [B]C1C(C)CCC1N. The molecule has 1 saturated carbocycles. The van der Waals surface area contributed by atoms with Gasteiger partial charge in [-0.3, -0.25) is 0 Å². The third kappa shape index (κ3) is 0.897. The average molecular weight is 109 g/mol. The topological polar surface area (TPSA) is 26.0 Å². The first-order valence-corrected chi connectivity index (χ1v) is 3.23. The van der Waals surface area contributed by atoms with Gasteiger partial charge in [-0.05, 0) is 24.8 Å². The van der Waals surface area contributed by atoms with E-state index >= 15 is 0 Å². The molecule has 1 nitrogen and oxygen atoms in total. The van der Waals surface area contributed by atoms with Crippen molar-refractivity contribution in [2.75, 3.05) is 0 Å². The lowest BCUT2D eigenvalue weighted by atomic mass is 9.78. The van der Waals surface area contributed by atoms with Gasteiger partial charge in [-0.25, -0.2) is 0 Å². The summed E-state index contributed by atoms with van der Waals surface area (Å²) in [5.41, 5.74) is 5.64. The largest absolute Gasteiger partial charge is 0.328 e. The van der Waals surface area contributed by atoms with Crippen molar-refractivity contribution < 1.29 is 0 Å². The summed E-state index contributed by atoms with van der Waals surface area (Å²) in [5, 5.41) is 0. The summed E-state index contributed by atoms with van der Waals surface area (Å²) in [5.74, 6) is 0.903. The summed E-state index contributed by atoms with van der Waals surface area (Å²) in [4.78, 5) is 0. The van der Waals surface area contributed by atoms with Crippen LogP contribution in [0.15, 0.2) is 0 Å². The molecule has 0 saturated heterocycles. The van der Waals surface area contributed by atoms with Crippen molar-refractivity contribution in [2.24, 2.45) is 11.7 Å². The quantitative estimate of drug-likeness (QED) is 0.455. The highest BCUT2D eigenvalue weighted by atomic mass is 14.7. The molecule has 8 heavy (non-hydrogen) atoms. The molecule has 0 aromatic heterocycles. The van der Waals surface area contributed by atoms with E-state index in [4.69, 9.17) is 13.6 Å². The van der Waals surface area contributed by atoms with E-state index in [1.54, 1.807) is 0 Å². The Kier molecular flexibility index (Phi) is 1.61. The Labute approximate surface area is 52.0 Å². The third-order valence-electron chi connectivity index (χ3n) is 2.11. The Hall–Kier alpha value is 0.0249. The Balaban J connectivity index is 2.44. The van der Waals surface area contributed by atoms with Gasteiger partial charge in [0.1, 0.15) is 0 Å². The highest BCUT2D eigenvalue weighted by Gasteiger charge is 2.25. The molecule has 1 rings (SSSR count). The maximum absolute atomic E-state index is 5.70. The minimum atomic E-state index is 0.259. The van der Waals surface area contributed by atoms with Crippen LogP contribution >= 0.6 is 0 Å². The zero-order valence-electron chi connectivity index (χ0n) is 5.30. The fraction of sp³-hybridized carbons (Fsp3) is 1.00. The van der Waals surface area contributed by atoms with Gasteiger partial charge in [0.25, 0.3) is 0 Å². The molecule has 44 valence electrons. The molecule has 2 radical (unpaired) electrons. The van der Waals surface area contributed by atoms with Gasteiger partial charge >= 0.3 is 0 Å². The average Bonchev–Trinajstić information content (AvgIpc) is 1.98. The molecule has 0 aliphatic heterocycles. The van der Waals surface area contributed by atoms with Crippen LogP contribution < -0.4 is 5.73 Å². The molecule has 1 fully saturated rings. The van der Waals surface area contributed by atoms with Crippen LogP contribution in [0.3, 0.4) is 0 Å². The van der Waals surface area contributed by atoms with Gasteiger partial charge in [0.15, 0.2) is 0 Å². The van der Waals surface area contributed by atoms with Gasteiger partial charge < -0.3 is 5.73 Å². The summed E-state index contributed by atoms with van der Waals surface area (Å²) in [6.45, 7) is 2.16. The molecular formula is C6H12BN. The molecule has 0 bridgehead atoms. The molecule has 2 N–H and O–H groups in total. The minimum Gasteiger partial charge on any atom is -0.328 e. The lowest BCUT2D eigenvalue weighted by Gasteiger charge is -2.12. The van der Waals surface area contributed by atoms with E-state index in [0.29, 0.717) is 5.92 Å². The van der Waals surface area contributed by atoms with Crippen molar-refractivity contribution in [3.05, 3.63) is 0 Å². The number of rotatable bonds is 0. The summed E-state index contributed by atoms with van der Waals surface area (Å²) < 4.78 is 0. The van der Waals surface area contributed by atoms with E-state index in [-0.39, 0.29) is 11.9 Å². The Morgan fingerprint density at radius 1 is 1.50 bits per heavy atom. The Bertz CT molecular complexity index is 74.6. The Morgan fingerprint density at radius 3 is 2.25 bits per heavy atom. The van der Waals surface area contributed by atoms with Crippen LogP contribution in [-0.4, -0.2) is 13.9 Å².